The van der Waals surface area contributed by atoms with Gasteiger partial charge in [-0.3, -0.25) is 0 Å². The highest BCUT2D eigenvalue weighted by molar-refractivity contribution is 7.99. The van der Waals surface area contributed by atoms with Crippen molar-refractivity contribution in [3.8, 4) is 0 Å². The van der Waals surface area contributed by atoms with Crippen LogP contribution in [0, 0.1) is 0 Å². The largest absolute Gasteiger partial charge is 0.363 e. The van der Waals surface area contributed by atoms with E-state index in [0.717, 1.165) is 6.54 Å². The zero-order chi connectivity index (χ0) is 14.9. The van der Waals surface area contributed by atoms with Gasteiger partial charge in [-0.1, -0.05) is 42.1 Å². The van der Waals surface area contributed by atoms with Gasteiger partial charge in [-0.2, -0.15) is 0 Å². The Balaban J connectivity index is 1.73. The van der Waals surface area contributed by atoms with Gasteiger partial charge in [0.1, 0.15) is 0 Å². The van der Waals surface area contributed by atoms with Gasteiger partial charge < -0.3 is 9.80 Å². The standard InChI is InChI=1S/C19H22N2S/c1-20-12-10-16(11-13-20)21-14-15-6-2-4-8-18(15)22-19-9-5-3-7-17(19)21/h2-9,16H,10-14H2,1H3. The number of nitrogens with zero attached hydrogens (tertiary/aromatic N) is 2. The number of hydrogen-bond donors (Lipinski definition) is 0. The van der Waals surface area contributed by atoms with Gasteiger partial charge in [-0.25, -0.2) is 0 Å². The van der Waals surface area contributed by atoms with E-state index in [9.17, 15) is 0 Å². The Morgan fingerprint density at radius 1 is 0.909 bits per heavy atom. The summed E-state index contributed by atoms with van der Waals surface area (Å²) in [7, 11) is 2.23. The van der Waals surface area contributed by atoms with Crippen LogP contribution in [0.25, 0.3) is 0 Å². The third-order valence-corrected chi connectivity index (χ3v) is 6.02. The number of para-hydroxylation sites is 1. The number of hydrogen-bond acceptors (Lipinski definition) is 3. The summed E-state index contributed by atoms with van der Waals surface area (Å²) in [5.41, 5.74) is 2.88. The maximum atomic E-state index is 2.65. The van der Waals surface area contributed by atoms with Crippen LogP contribution in [0.3, 0.4) is 0 Å². The Morgan fingerprint density at radius 2 is 1.59 bits per heavy atom. The highest BCUT2D eigenvalue weighted by Crippen LogP contribution is 2.42. The zero-order valence-electron chi connectivity index (χ0n) is 13.0. The van der Waals surface area contributed by atoms with Gasteiger partial charge in [0.15, 0.2) is 0 Å². The van der Waals surface area contributed by atoms with Crippen molar-refractivity contribution in [1.82, 2.24) is 4.90 Å². The van der Waals surface area contributed by atoms with Gasteiger partial charge in [-0.15, -0.1) is 0 Å². The number of likely N-dealkylation sites (tertiary alicyclic amines) is 1. The molecule has 0 amide bonds. The minimum absolute atomic E-state index is 0.657. The van der Waals surface area contributed by atoms with Crippen molar-refractivity contribution in [3.05, 3.63) is 54.1 Å². The van der Waals surface area contributed by atoms with Gasteiger partial charge in [-0.05, 0) is 56.7 Å². The van der Waals surface area contributed by atoms with E-state index in [1.54, 1.807) is 0 Å². The van der Waals surface area contributed by atoms with Gasteiger partial charge in [0.05, 0.1) is 5.69 Å². The molecule has 2 aliphatic heterocycles. The lowest BCUT2D eigenvalue weighted by atomic mass is 10.0. The van der Waals surface area contributed by atoms with E-state index in [0.29, 0.717) is 6.04 Å². The Bertz CT molecular complexity index is 662. The monoisotopic (exact) mass is 310 g/mol. The van der Waals surface area contributed by atoms with Crippen LogP contribution in [0.5, 0.6) is 0 Å². The predicted molar refractivity (Wildman–Crippen MR) is 93.7 cm³/mol. The highest BCUT2D eigenvalue weighted by Gasteiger charge is 2.27. The van der Waals surface area contributed by atoms with Gasteiger partial charge >= 0.3 is 0 Å². The Kier molecular flexibility index (Phi) is 3.85. The molecule has 3 heteroatoms. The molecule has 0 saturated carbocycles. The third kappa shape index (κ3) is 2.64. The van der Waals surface area contributed by atoms with Crippen molar-refractivity contribution in [1.29, 1.82) is 0 Å². The summed E-state index contributed by atoms with van der Waals surface area (Å²) in [6.07, 6.45) is 2.52. The fourth-order valence-corrected chi connectivity index (χ4v) is 4.62. The third-order valence-electron chi connectivity index (χ3n) is 4.84. The Morgan fingerprint density at radius 3 is 2.41 bits per heavy atom. The lowest BCUT2D eigenvalue weighted by Crippen LogP contribution is -2.43. The summed E-state index contributed by atoms with van der Waals surface area (Å²) in [6, 6.07) is 18.4. The van der Waals surface area contributed by atoms with E-state index >= 15 is 0 Å². The maximum Gasteiger partial charge on any atom is 0.0513 e. The first kappa shape index (κ1) is 14.2. The molecule has 0 unspecified atom stereocenters. The van der Waals surface area contributed by atoms with Gasteiger partial charge in [0.25, 0.3) is 0 Å². The van der Waals surface area contributed by atoms with Crippen LogP contribution < -0.4 is 4.90 Å². The minimum Gasteiger partial charge on any atom is -0.363 e. The summed E-state index contributed by atoms with van der Waals surface area (Å²) < 4.78 is 0. The Labute approximate surface area is 137 Å². The average molecular weight is 310 g/mol. The Hall–Kier alpha value is -1.45. The van der Waals surface area contributed by atoms with E-state index in [4.69, 9.17) is 0 Å². The lowest BCUT2D eigenvalue weighted by molar-refractivity contribution is 0.248. The first-order valence-electron chi connectivity index (χ1n) is 8.11. The summed E-state index contributed by atoms with van der Waals surface area (Å²) in [5, 5.41) is 0. The molecule has 2 heterocycles. The number of anilines is 1. The molecule has 2 aromatic rings. The van der Waals surface area contributed by atoms with E-state index in [-0.39, 0.29) is 0 Å². The van der Waals surface area contributed by atoms with Crippen LogP contribution in [-0.4, -0.2) is 31.1 Å². The molecule has 0 aromatic heterocycles. The fourth-order valence-electron chi connectivity index (χ4n) is 3.53. The van der Waals surface area contributed by atoms with Crippen molar-refractivity contribution in [2.24, 2.45) is 0 Å². The molecule has 0 spiro atoms. The SMILES string of the molecule is CN1CCC(N2Cc3ccccc3Sc3ccccc32)CC1. The number of benzene rings is 2. The molecule has 0 radical (unpaired) electrons. The summed E-state index contributed by atoms with van der Waals surface area (Å²) in [5.74, 6) is 0. The molecule has 114 valence electrons. The molecule has 2 nitrogen and oxygen atoms in total. The van der Waals surface area contributed by atoms with Crippen molar-refractivity contribution < 1.29 is 0 Å². The summed E-state index contributed by atoms with van der Waals surface area (Å²) in [4.78, 5) is 7.90. The highest BCUT2D eigenvalue weighted by atomic mass is 32.2. The van der Waals surface area contributed by atoms with Crippen LogP contribution in [0.15, 0.2) is 58.3 Å². The summed E-state index contributed by atoms with van der Waals surface area (Å²) in [6.45, 7) is 3.45. The van der Waals surface area contributed by atoms with Gasteiger partial charge in [0, 0.05) is 22.4 Å². The topological polar surface area (TPSA) is 6.48 Å². The van der Waals surface area contributed by atoms with Crippen molar-refractivity contribution in [2.75, 3.05) is 25.0 Å². The van der Waals surface area contributed by atoms with Crippen molar-refractivity contribution in [3.63, 3.8) is 0 Å². The maximum absolute atomic E-state index is 2.65. The number of fused-ring (bicyclic) bond motifs is 2. The number of rotatable bonds is 1. The van der Waals surface area contributed by atoms with Crippen LogP contribution in [0.1, 0.15) is 18.4 Å². The van der Waals surface area contributed by atoms with Gasteiger partial charge in [0.2, 0.25) is 0 Å². The first-order valence-corrected chi connectivity index (χ1v) is 8.93. The minimum atomic E-state index is 0.657. The lowest BCUT2D eigenvalue weighted by Gasteiger charge is -2.38. The molecular formula is C19H22N2S. The molecule has 0 N–H and O–H groups in total. The quantitative estimate of drug-likeness (QED) is 0.777. The number of piperidine rings is 1. The second-order valence-electron chi connectivity index (χ2n) is 6.34. The molecular weight excluding hydrogens is 288 g/mol. The summed E-state index contributed by atoms with van der Waals surface area (Å²) >= 11 is 1.92. The van der Waals surface area contributed by atoms with E-state index in [1.165, 1.54) is 47.0 Å². The van der Waals surface area contributed by atoms with Crippen molar-refractivity contribution >= 4 is 17.4 Å². The van der Waals surface area contributed by atoms with Crippen LogP contribution in [0.4, 0.5) is 5.69 Å². The molecule has 2 aromatic carbocycles. The molecule has 0 atom stereocenters. The molecule has 1 saturated heterocycles. The average Bonchev–Trinajstić information content (AvgIpc) is 2.72. The van der Waals surface area contributed by atoms with Crippen LogP contribution >= 0.6 is 11.8 Å². The van der Waals surface area contributed by atoms with E-state index < -0.39 is 0 Å². The van der Waals surface area contributed by atoms with E-state index in [1.807, 2.05) is 11.8 Å². The van der Waals surface area contributed by atoms with Crippen LogP contribution in [-0.2, 0) is 6.54 Å². The normalized spacial score (nSPS) is 19.4. The molecule has 0 bridgehead atoms. The van der Waals surface area contributed by atoms with Crippen LogP contribution in [0.2, 0.25) is 0 Å². The molecule has 2 aliphatic rings. The second-order valence-corrected chi connectivity index (χ2v) is 7.42. The molecule has 0 aliphatic carbocycles. The molecule has 4 rings (SSSR count). The second kappa shape index (κ2) is 5.98. The van der Waals surface area contributed by atoms with Crippen molar-refractivity contribution in [2.45, 2.75) is 35.2 Å². The zero-order valence-corrected chi connectivity index (χ0v) is 13.9. The predicted octanol–water partition coefficient (Wildman–Crippen LogP) is 4.25. The fraction of sp³-hybridized carbons (Fsp3) is 0.368. The molecule has 1 fully saturated rings. The first-order chi connectivity index (χ1) is 10.8. The van der Waals surface area contributed by atoms with E-state index in [2.05, 4.69) is 65.4 Å². The molecule has 22 heavy (non-hydrogen) atoms. The smallest absolute Gasteiger partial charge is 0.0513 e.